The molecule has 0 radical (unpaired) electrons. The van der Waals surface area contributed by atoms with E-state index in [0.29, 0.717) is 4.86 Å². The van der Waals surface area contributed by atoms with Crippen LogP contribution in [0.25, 0.3) is 0 Å². The summed E-state index contributed by atoms with van der Waals surface area (Å²) in [7, 11) is -29.4. The molecule has 0 amide bonds. The Kier molecular flexibility index (Phi) is 10.5. The first kappa shape index (κ1) is 27.7. The van der Waals surface area contributed by atoms with Crippen LogP contribution in [0.1, 0.15) is 40.0 Å². The molecule has 176 valence electrons. The van der Waals surface area contributed by atoms with Crippen LogP contribution in [0.3, 0.4) is 0 Å². The van der Waals surface area contributed by atoms with Gasteiger partial charge in [-0.05, 0) is 0 Å². The predicted molar refractivity (Wildman–Crippen MR) is 105 cm³/mol. The summed E-state index contributed by atoms with van der Waals surface area (Å²) >= 11 is 0. The molecule has 0 saturated carbocycles. The Labute approximate surface area is 165 Å². The van der Waals surface area contributed by atoms with Crippen molar-refractivity contribution in [3.05, 3.63) is 0 Å². The molecule has 0 bridgehead atoms. The molecule has 1 rings (SSSR count). The van der Waals surface area contributed by atoms with Gasteiger partial charge >= 0.3 is 165 Å². The van der Waals surface area contributed by atoms with Gasteiger partial charge in [-0.3, -0.25) is 0 Å². The average Bonchev–Trinajstić information content (AvgIpc) is 2.53. The summed E-state index contributed by atoms with van der Waals surface area (Å²) in [5.74, 6) is 0. The second-order valence-corrected chi connectivity index (χ2v) is 14.9. The predicted octanol–water partition coefficient (Wildman–Crippen LogP) is 9.85. The van der Waals surface area contributed by atoms with Gasteiger partial charge in [-0.15, -0.1) is 0 Å². The van der Waals surface area contributed by atoms with E-state index in [-0.39, 0.29) is 19.3 Å². The van der Waals surface area contributed by atoms with E-state index < -0.39 is 59.1 Å². The topological polar surface area (TPSA) is 89.2 Å². The number of nitrogens with zero attached hydrogens (tertiary/aromatic N) is 4. The van der Waals surface area contributed by atoms with Gasteiger partial charge in [-0.25, -0.2) is 0 Å². The molecular weight excluding hydrogens is 514 g/mol. The Morgan fingerprint density at radius 2 is 1.07 bits per heavy atom. The first-order chi connectivity index (χ1) is 13.2. The van der Waals surface area contributed by atoms with Gasteiger partial charge in [0.1, 0.15) is 0 Å². The van der Waals surface area contributed by atoms with Gasteiger partial charge in [0, 0.05) is 0 Å². The molecule has 0 aromatic heterocycles. The number of halogens is 7. The van der Waals surface area contributed by atoms with E-state index in [9.17, 15) is 25.2 Å². The van der Waals surface area contributed by atoms with Gasteiger partial charge in [-0.2, -0.15) is 0 Å². The second-order valence-electron chi connectivity index (χ2n) is 5.42. The van der Waals surface area contributed by atoms with E-state index in [4.69, 9.17) is 0 Å². The van der Waals surface area contributed by atoms with Crippen molar-refractivity contribution in [2.75, 3.05) is 19.8 Å². The van der Waals surface area contributed by atoms with E-state index in [0.717, 1.165) is 0 Å². The number of nitrogens with one attached hydrogen (secondary N) is 1. The molecule has 3 unspecified atom stereocenters. The number of rotatable bonds is 9. The van der Waals surface area contributed by atoms with Crippen LogP contribution in [0.4, 0.5) is 29.4 Å². The van der Waals surface area contributed by atoms with Crippen LogP contribution in [0, 0.1) is 0 Å². The van der Waals surface area contributed by atoms with Crippen LogP contribution in [0.5, 0.6) is 0 Å². The quantitative estimate of drug-likeness (QED) is 0.234. The van der Waals surface area contributed by atoms with Gasteiger partial charge in [0.25, 0.3) is 0 Å². The third-order valence-electron chi connectivity index (χ3n) is 2.56. The van der Waals surface area contributed by atoms with Gasteiger partial charge in [-0.1, -0.05) is 0 Å². The summed E-state index contributed by atoms with van der Waals surface area (Å²) in [6.07, 6.45) is 0.320. The van der Waals surface area contributed by atoms with Crippen molar-refractivity contribution in [1.82, 2.24) is 4.86 Å². The van der Waals surface area contributed by atoms with Crippen molar-refractivity contribution in [2.45, 2.75) is 40.0 Å². The molecule has 0 aromatic carbocycles. The third kappa shape index (κ3) is 9.80. The molecule has 1 heterocycles. The minimum absolute atomic E-state index is 0.0960. The van der Waals surface area contributed by atoms with E-state index >= 15 is 4.20 Å². The molecule has 20 heteroatoms. The summed E-state index contributed by atoms with van der Waals surface area (Å²) in [6.45, 7) is 2.94. The number of hydrogen-bond donors (Lipinski definition) is 1. The normalized spacial score (nSPS) is 35.4. The summed E-state index contributed by atoms with van der Waals surface area (Å²) in [5, 5.41) is 0. The summed E-state index contributed by atoms with van der Waals surface area (Å²) in [6, 6.07) is 0. The van der Waals surface area contributed by atoms with Crippen LogP contribution in [0.2, 0.25) is 0 Å². The summed E-state index contributed by atoms with van der Waals surface area (Å²) in [5.41, 5.74) is 0. The van der Waals surface area contributed by atoms with Gasteiger partial charge in [0.05, 0.1) is 0 Å². The van der Waals surface area contributed by atoms with E-state index in [1.165, 1.54) is 20.8 Å². The van der Waals surface area contributed by atoms with Crippen molar-refractivity contribution >= 4 is 39.2 Å². The van der Waals surface area contributed by atoms with E-state index in [1.54, 1.807) is 0 Å². The second kappa shape index (κ2) is 11.0. The molecular formula is C9H23F7N5O3P5. The van der Waals surface area contributed by atoms with Crippen molar-refractivity contribution in [1.29, 1.82) is 0 Å². The SMILES string of the molecule is CCCOP1(F)=NP(F)(OCCC)=NP(F)(OCCC)=N[PH](F)(F)NP(F)(F)=N1. The fraction of sp³-hybridized carbons (Fsp3) is 1.00. The first-order valence-corrected chi connectivity index (χ1v) is 16.1. The van der Waals surface area contributed by atoms with Crippen molar-refractivity contribution in [3.63, 3.8) is 0 Å². The molecule has 0 spiro atoms. The van der Waals surface area contributed by atoms with Crippen LogP contribution in [-0.2, 0) is 13.6 Å². The van der Waals surface area contributed by atoms with Crippen molar-refractivity contribution < 1.29 is 42.9 Å². The van der Waals surface area contributed by atoms with Crippen LogP contribution in [0.15, 0.2) is 18.1 Å². The standard InChI is InChI=1S/C9H23F7N5O3P5/c1-4-7-22-27(14)18-25(10,11)17-26(12,13)19-28(15,23-8-5-2)21-29(16,20-27)24-9-6-3/h17,25H,4-9H2,1-3H3. The van der Waals surface area contributed by atoms with Crippen LogP contribution in [-0.4, -0.2) is 19.8 Å². The van der Waals surface area contributed by atoms with Gasteiger partial charge < -0.3 is 0 Å². The Balaban J connectivity index is 3.87. The average molecular weight is 537 g/mol. The monoisotopic (exact) mass is 537 g/mol. The number of hydrogen-bond acceptors (Lipinski definition) is 8. The summed E-state index contributed by atoms with van der Waals surface area (Å²) in [4.78, 5) is 0.531. The fourth-order valence-corrected chi connectivity index (χ4v) is 12.5. The Bertz CT molecular complexity index is 791. The fourth-order valence-electron chi connectivity index (χ4n) is 1.61. The Morgan fingerprint density at radius 1 is 0.690 bits per heavy atom. The molecule has 29 heavy (non-hydrogen) atoms. The van der Waals surface area contributed by atoms with Gasteiger partial charge in [0.2, 0.25) is 0 Å². The molecule has 0 fully saturated rings. The minimum atomic E-state index is -6.65. The molecule has 1 N–H and O–H groups in total. The van der Waals surface area contributed by atoms with E-state index in [1.807, 2.05) is 0 Å². The zero-order valence-corrected chi connectivity index (χ0v) is 20.3. The van der Waals surface area contributed by atoms with E-state index in [2.05, 4.69) is 31.6 Å². The summed E-state index contributed by atoms with van der Waals surface area (Å²) < 4.78 is 126. The maximum absolute atomic E-state index is 15.2. The van der Waals surface area contributed by atoms with Crippen molar-refractivity contribution in [3.8, 4) is 0 Å². The molecule has 8 nitrogen and oxygen atoms in total. The van der Waals surface area contributed by atoms with Crippen molar-refractivity contribution in [2.24, 2.45) is 18.1 Å². The van der Waals surface area contributed by atoms with Crippen LogP contribution < -0.4 is 4.86 Å². The molecule has 3 atom stereocenters. The zero-order chi connectivity index (χ0) is 22.4. The molecule has 1 aliphatic heterocycles. The molecule has 0 aliphatic carbocycles. The Morgan fingerprint density at radius 3 is 1.52 bits per heavy atom. The molecule has 1 aliphatic rings. The Hall–Kier alpha value is 0.700. The van der Waals surface area contributed by atoms with Gasteiger partial charge in [0.15, 0.2) is 0 Å². The maximum atomic E-state index is 15.2. The zero-order valence-electron chi connectivity index (χ0n) is 15.7. The molecule has 0 saturated heterocycles. The first-order valence-electron chi connectivity index (χ1n) is 8.36. The third-order valence-corrected chi connectivity index (χ3v) is 13.5. The molecule has 0 aromatic rings. The van der Waals surface area contributed by atoms with Crippen LogP contribution >= 0.6 is 39.2 Å².